The molecule has 2 aliphatic heterocycles. The van der Waals surface area contributed by atoms with Crippen LogP contribution in [0.15, 0.2) is 18.2 Å². The van der Waals surface area contributed by atoms with Crippen LogP contribution in [0.3, 0.4) is 0 Å². The van der Waals surface area contributed by atoms with Gasteiger partial charge in [0.2, 0.25) is 0 Å². The normalized spacial score (nSPS) is 20.3. The molecule has 3 nitrogen and oxygen atoms in total. The number of aryl methyl sites for hydroxylation is 1. The van der Waals surface area contributed by atoms with E-state index in [1.54, 1.807) is 12.1 Å². The lowest BCUT2D eigenvalue weighted by atomic mass is 10.0. The molecule has 0 radical (unpaired) electrons. The van der Waals surface area contributed by atoms with E-state index < -0.39 is 0 Å². The van der Waals surface area contributed by atoms with E-state index in [0.29, 0.717) is 0 Å². The highest BCUT2D eigenvalue weighted by Gasteiger charge is 2.25. The van der Waals surface area contributed by atoms with Gasteiger partial charge >= 0.3 is 0 Å². The number of hydrogen-bond acceptors (Lipinski definition) is 3. The molecule has 6 heteroatoms. The number of nitrogens with zero attached hydrogens (tertiary/aromatic N) is 2. The van der Waals surface area contributed by atoms with Crippen LogP contribution in [0.25, 0.3) is 0 Å². The zero-order valence-electron chi connectivity index (χ0n) is 13.8. The molecule has 23 heavy (non-hydrogen) atoms. The van der Waals surface area contributed by atoms with Crippen LogP contribution in [0.4, 0.5) is 10.1 Å². The van der Waals surface area contributed by atoms with Crippen molar-refractivity contribution in [3.63, 3.8) is 0 Å². The molecule has 1 N–H and O–H groups in total. The van der Waals surface area contributed by atoms with Crippen molar-refractivity contribution in [1.29, 1.82) is 0 Å². The van der Waals surface area contributed by atoms with E-state index in [4.69, 9.17) is 0 Å². The van der Waals surface area contributed by atoms with Gasteiger partial charge < -0.3 is 10.2 Å². The van der Waals surface area contributed by atoms with Crippen molar-refractivity contribution in [3.8, 4) is 0 Å². The Morgan fingerprint density at radius 2 is 1.78 bits per heavy atom. The Labute approximate surface area is 151 Å². The van der Waals surface area contributed by atoms with Gasteiger partial charge in [0.25, 0.3) is 0 Å². The number of rotatable bonds is 2. The Morgan fingerprint density at radius 3 is 2.48 bits per heavy atom. The highest BCUT2D eigenvalue weighted by atomic mass is 35.5. The molecule has 132 valence electrons. The van der Waals surface area contributed by atoms with Crippen LogP contribution in [-0.2, 0) is 0 Å². The van der Waals surface area contributed by atoms with E-state index in [1.807, 2.05) is 13.0 Å². The summed E-state index contributed by atoms with van der Waals surface area (Å²) in [5.74, 6) is -0.136. The molecule has 0 aromatic heterocycles. The predicted molar refractivity (Wildman–Crippen MR) is 99.9 cm³/mol. The quantitative estimate of drug-likeness (QED) is 0.869. The predicted octanol–water partition coefficient (Wildman–Crippen LogP) is 3.24. The average molecular weight is 364 g/mol. The summed E-state index contributed by atoms with van der Waals surface area (Å²) in [6, 6.07) is 5.87. The summed E-state index contributed by atoms with van der Waals surface area (Å²) in [6.07, 6.45) is 3.70. The van der Waals surface area contributed by atoms with Crippen molar-refractivity contribution >= 4 is 30.5 Å². The van der Waals surface area contributed by atoms with Crippen molar-refractivity contribution in [2.45, 2.75) is 32.2 Å². The van der Waals surface area contributed by atoms with E-state index in [1.165, 1.54) is 38.0 Å². The number of hydrogen-bond donors (Lipinski definition) is 1. The van der Waals surface area contributed by atoms with Crippen LogP contribution in [0.1, 0.15) is 24.8 Å². The molecule has 2 aliphatic rings. The summed E-state index contributed by atoms with van der Waals surface area (Å²) >= 11 is 0. The zero-order chi connectivity index (χ0) is 14.7. The second kappa shape index (κ2) is 9.67. The summed E-state index contributed by atoms with van der Waals surface area (Å²) < 4.78 is 13.2. The van der Waals surface area contributed by atoms with Gasteiger partial charge in [0.15, 0.2) is 0 Å². The van der Waals surface area contributed by atoms with Crippen LogP contribution < -0.4 is 10.2 Å². The fourth-order valence-electron chi connectivity index (χ4n) is 3.68. The van der Waals surface area contributed by atoms with Crippen molar-refractivity contribution in [2.75, 3.05) is 44.2 Å². The Balaban J connectivity index is 0.00000132. The Kier molecular flexibility index (Phi) is 8.62. The second-order valence-corrected chi connectivity index (χ2v) is 6.29. The lowest BCUT2D eigenvalue weighted by molar-refractivity contribution is 0.180. The largest absolute Gasteiger partial charge is 0.371 e. The highest BCUT2D eigenvalue weighted by molar-refractivity contribution is 5.85. The third-order valence-electron chi connectivity index (χ3n) is 4.86. The van der Waals surface area contributed by atoms with Crippen molar-refractivity contribution in [1.82, 2.24) is 10.2 Å². The van der Waals surface area contributed by atoms with E-state index in [9.17, 15) is 4.39 Å². The molecule has 0 atom stereocenters. The van der Waals surface area contributed by atoms with Gasteiger partial charge in [-0.15, -0.1) is 24.8 Å². The van der Waals surface area contributed by atoms with Gasteiger partial charge in [0, 0.05) is 37.9 Å². The fourth-order valence-corrected chi connectivity index (χ4v) is 3.68. The van der Waals surface area contributed by atoms with E-state index in [-0.39, 0.29) is 30.6 Å². The minimum absolute atomic E-state index is 0. The molecule has 0 spiro atoms. The number of piperidine rings is 1. The fraction of sp³-hybridized carbons (Fsp3) is 0.647. The van der Waals surface area contributed by atoms with Crippen LogP contribution in [-0.4, -0.2) is 50.2 Å². The van der Waals surface area contributed by atoms with E-state index in [2.05, 4.69) is 15.1 Å². The number of anilines is 1. The molecule has 0 saturated carbocycles. The van der Waals surface area contributed by atoms with Gasteiger partial charge in [0.1, 0.15) is 5.82 Å². The van der Waals surface area contributed by atoms with Crippen LogP contribution in [0, 0.1) is 12.7 Å². The van der Waals surface area contributed by atoms with Crippen molar-refractivity contribution in [3.05, 3.63) is 29.6 Å². The highest BCUT2D eigenvalue weighted by Crippen LogP contribution is 2.26. The lowest BCUT2D eigenvalue weighted by Crippen LogP contribution is -2.46. The van der Waals surface area contributed by atoms with E-state index >= 15 is 0 Å². The monoisotopic (exact) mass is 363 g/mol. The summed E-state index contributed by atoms with van der Waals surface area (Å²) in [7, 11) is 0. The Morgan fingerprint density at radius 1 is 1.04 bits per heavy atom. The minimum Gasteiger partial charge on any atom is -0.371 e. The molecule has 1 aromatic carbocycles. The molecule has 2 heterocycles. The maximum Gasteiger partial charge on any atom is 0.123 e. The first-order valence-corrected chi connectivity index (χ1v) is 8.20. The lowest BCUT2D eigenvalue weighted by Gasteiger charge is -2.39. The second-order valence-electron chi connectivity index (χ2n) is 6.29. The van der Waals surface area contributed by atoms with Crippen LogP contribution in [0.5, 0.6) is 0 Å². The Hall–Kier alpha value is -0.550. The van der Waals surface area contributed by atoms with Crippen LogP contribution >= 0.6 is 24.8 Å². The summed E-state index contributed by atoms with van der Waals surface area (Å²) in [5, 5.41) is 3.48. The minimum atomic E-state index is -0.136. The molecule has 0 amide bonds. The van der Waals surface area contributed by atoms with Crippen molar-refractivity contribution < 1.29 is 4.39 Å². The maximum atomic E-state index is 13.2. The van der Waals surface area contributed by atoms with Gasteiger partial charge in [-0.2, -0.15) is 0 Å². The summed E-state index contributed by atoms with van der Waals surface area (Å²) in [5.41, 5.74) is 2.25. The first-order valence-electron chi connectivity index (χ1n) is 8.20. The maximum absolute atomic E-state index is 13.2. The van der Waals surface area contributed by atoms with Crippen LogP contribution in [0.2, 0.25) is 0 Å². The average Bonchev–Trinajstić information content (AvgIpc) is 2.77. The number of halogens is 3. The topological polar surface area (TPSA) is 18.5 Å². The molecule has 1 aromatic rings. The first kappa shape index (κ1) is 20.5. The number of benzene rings is 1. The molecule has 2 saturated heterocycles. The van der Waals surface area contributed by atoms with Gasteiger partial charge in [0.05, 0.1) is 0 Å². The summed E-state index contributed by atoms with van der Waals surface area (Å²) in [6.45, 7) is 8.86. The molecule has 0 aliphatic carbocycles. The van der Waals surface area contributed by atoms with Gasteiger partial charge in [-0.3, -0.25) is 4.90 Å². The SMILES string of the molecule is Cc1cc(F)ccc1N1CCC(N2CCCNCC2)CC1.Cl.Cl. The zero-order valence-corrected chi connectivity index (χ0v) is 15.4. The molecule has 2 fully saturated rings. The van der Waals surface area contributed by atoms with Gasteiger partial charge in [-0.1, -0.05) is 0 Å². The number of nitrogens with one attached hydrogen (secondary N) is 1. The van der Waals surface area contributed by atoms with Gasteiger partial charge in [-0.05, 0) is 63.0 Å². The third-order valence-corrected chi connectivity index (χ3v) is 4.86. The smallest absolute Gasteiger partial charge is 0.123 e. The third kappa shape index (κ3) is 5.21. The summed E-state index contributed by atoms with van der Waals surface area (Å²) in [4.78, 5) is 5.08. The molecule has 0 bridgehead atoms. The molecular formula is C17H28Cl2FN3. The van der Waals surface area contributed by atoms with Gasteiger partial charge in [-0.25, -0.2) is 4.39 Å². The first-order chi connectivity index (χ1) is 10.2. The molecular weight excluding hydrogens is 336 g/mol. The van der Waals surface area contributed by atoms with E-state index in [0.717, 1.165) is 37.8 Å². The van der Waals surface area contributed by atoms with Crippen molar-refractivity contribution in [2.24, 2.45) is 0 Å². The Bertz CT molecular complexity index is 471. The molecule has 3 rings (SSSR count). The standard InChI is InChI=1S/C17H26FN3.2ClH/c1-14-13-15(18)3-4-17(14)21-10-5-16(6-11-21)20-9-2-7-19-8-12-20;;/h3-4,13,16,19H,2,5-12H2,1H3;2*1H. The molecule has 0 unspecified atom stereocenters.